The molecule has 1 saturated heterocycles. The number of nitrogens with one attached hydrogen (secondary N) is 1. The van der Waals surface area contributed by atoms with Gasteiger partial charge in [0.15, 0.2) is 0 Å². The normalized spacial score (nSPS) is 20.9. The van der Waals surface area contributed by atoms with E-state index in [2.05, 4.69) is 5.32 Å². The van der Waals surface area contributed by atoms with Crippen LogP contribution >= 0.6 is 11.6 Å². The molecule has 1 fully saturated rings. The van der Waals surface area contributed by atoms with Crippen LogP contribution in [0.1, 0.15) is 12.0 Å². The zero-order valence-electron chi connectivity index (χ0n) is 8.19. The van der Waals surface area contributed by atoms with Gasteiger partial charge in [-0.1, -0.05) is 17.7 Å². The van der Waals surface area contributed by atoms with Crippen molar-refractivity contribution in [3.63, 3.8) is 0 Å². The van der Waals surface area contributed by atoms with Gasteiger partial charge in [0.05, 0.1) is 0 Å². The van der Waals surface area contributed by atoms with E-state index in [0.29, 0.717) is 17.9 Å². The highest BCUT2D eigenvalue weighted by Gasteiger charge is 2.18. The minimum absolute atomic E-state index is 0.390. The second-order valence-corrected chi connectivity index (χ2v) is 4.28. The van der Waals surface area contributed by atoms with Gasteiger partial charge in [-0.25, -0.2) is 8.78 Å². The van der Waals surface area contributed by atoms with E-state index in [9.17, 15) is 8.78 Å². The van der Waals surface area contributed by atoms with Crippen LogP contribution in [0.3, 0.4) is 0 Å². The average molecular weight is 232 g/mol. The molecule has 1 aromatic carbocycles. The maximum atomic E-state index is 13.5. The highest BCUT2D eigenvalue weighted by Crippen LogP contribution is 2.25. The SMILES string of the molecule is Fc1ccc(CC2CCNC2)c(F)c1Cl. The van der Waals surface area contributed by atoms with Crippen molar-refractivity contribution in [2.75, 3.05) is 13.1 Å². The predicted molar refractivity (Wildman–Crippen MR) is 56.0 cm³/mol. The summed E-state index contributed by atoms with van der Waals surface area (Å²) < 4.78 is 26.4. The summed E-state index contributed by atoms with van der Waals surface area (Å²) in [5.74, 6) is -0.868. The third-order valence-electron chi connectivity index (χ3n) is 2.79. The van der Waals surface area contributed by atoms with E-state index in [4.69, 9.17) is 11.6 Å². The fourth-order valence-electron chi connectivity index (χ4n) is 1.92. The van der Waals surface area contributed by atoms with Crippen LogP contribution in [0.25, 0.3) is 0 Å². The molecule has 82 valence electrons. The molecule has 0 bridgehead atoms. The predicted octanol–water partition coefficient (Wildman–Crippen LogP) is 2.77. The number of hydrogen-bond acceptors (Lipinski definition) is 1. The molecule has 0 amide bonds. The minimum atomic E-state index is -0.692. The smallest absolute Gasteiger partial charge is 0.147 e. The van der Waals surface area contributed by atoms with Crippen molar-refractivity contribution in [2.45, 2.75) is 12.8 Å². The van der Waals surface area contributed by atoms with Gasteiger partial charge >= 0.3 is 0 Å². The maximum absolute atomic E-state index is 13.5. The van der Waals surface area contributed by atoms with Gasteiger partial charge in [-0.2, -0.15) is 0 Å². The fourth-order valence-corrected chi connectivity index (χ4v) is 2.11. The van der Waals surface area contributed by atoms with E-state index >= 15 is 0 Å². The van der Waals surface area contributed by atoms with E-state index in [1.54, 1.807) is 0 Å². The summed E-state index contributed by atoms with van der Waals surface area (Å²) in [6.07, 6.45) is 1.66. The molecular formula is C11H12ClF2N. The van der Waals surface area contributed by atoms with Gasteiger partial charge in [-0.15, -0.1) is 0 Å². The van der Waals surface area contributed by atoms with Crippen LogP contribution in [0.15, 0.2) is 12.1 Å². The van der Waals surface area contributed by atoms with Crippen molar-refractivity contribution >= 4 is 11.6 Å². The Morgan fingerprint density at radius 1 is 1.40 bits per heavy atom. The van der Waals surface area contributed by atoms with Gasteiger partial charge in [0.25, 0.3) is 0 Å². The van der Waals surface area contributed by atoms with Crippen molar-refractivity contribution in [1.82, 2.24) is 5.32 Å². The van der Waals surface area contributed by atoms with E-state index in [1.165, 1.54) is 12.1 Å². The molecule has 1 atom stereocenters. The molecule has 1 N–H and O–H groups in total. The van der Waals surface area contributed by atoms with Crippen molar-refractivity contribution in [1.29, 1.82) is 0 Å². The summed E-state index contributed by atoms with van der Waals surface area (Å²) in [5, 5.41) is 2.82. The molecule has 1 unspecified atom stereocenters. The third kappa shape index (κ3) is 2.29. The second-order valence-electron chi connectivity index (χ2n) is 3.90. The second kappa shape index (κ2) is 4.45. The molecule has 1 aliphatic heterocycles. The monoisotopic (exact) mass is 231 g/mol. The molecule has 0 saturated carbocycles. The highest BCUT2D eigenvalue weighted by atomic mass is 35.5. The van der Waals surface area contributed by atoms with E-state index in [-0.39, 0.29) is 0 Å². The first-order valence-electron chi connectivity index (χ1n) is 5.01. The molecule has 1 nitrogen and oxygen atoms in total. The zero-order valence-corrected chi connectivity index (χ0v) is 8.95. The Morgan fingerprint density at radius 3 is 2.87 bits per heavy atom. The van der Waals surface area contributed by atoms with Crippen molar-refractivity contribution < 1.29 is 8.78 Å². The van der Waals surface area contributed by atoms with Gasteiger partial charge in [0, 0.05) is 0 Å². The molecule has 0 aromatic heterocycles. The molecular weight excluding hydrogens is 220 g/mol. The Bertz CT molecular complexity index is 362. The Morgan fingerprint density at radius 2 is 2.20 bits per heavy atom. The summed E-state index contributed by atoms with van der Waals surface area (Å²) in [6.45, 7) is 1.87. The molecule has 1 heterocycles. The first-order chi connectivity index (χ1) is 7.18. The quantitative estimate of drug-likeness (QED) is 0.772. The summed E-state index contributed by atoms with van der Waals surface area (Å²) in [4.78, 5) is 0. The fraction of sp³-hybridized carbons (Fsp3) is 0.455. The summed E-state index contributed by atoms with van der Waals surface area (Å²) in [7, 11) is 0. The van der Waals surface area contributed by atoms with Gasteiger partial charge in [-0.05, 0) is 43.5 Å². The van der Waals surface area contributed by atoms with Crippen LogP contribution in [0.4, 0.5) is 8.78 Å². The molecule has 2 rings (SSSR count). The molecule has 0 radical (unpaired) electrons. The van der Waals surface area contributed by atoms with Gasteiger partial charge < -0.3 is 5.32 Å². The van der Waals surface area contributed by atoms with Gasteiger partial charge in [0.1, 0.15) is 16.7 Å². The number of rotatable bonds is 2. The summed E-state index contributed by atoms with van der Waals surface area (Å²) >= 11 is 5.50. The van der Waals surface area contributed by atoms with Crippen LogP contribution in [0.2, 0.25) is 5.02 Å². The van der Waals surface area contributed by atoms with Crippen LogP contribution < -0.4 is 5.32 Å². The highest BCUT2D eigenvalue weighted by molar-refractivity contribution is 6.30. The number of hydrogen-bond donors (Lipinski definition) is 1. The number of halogens is 3. The zero-order chi connectivity index (χ0) is 10.8. The van der Waals surface area contributed by atoms with Gasteiger partial charge in [0.2, 0.25) is 0 Å². The standard InChI is InChI=1S/C11H12ClF2N/c12-10-9(13)2-1-8(11(10)14)5-7-3-4-15-6-7/h1-2,7,15H,3-6H2. The van der Waals surface area contributed by atoms with Gasteiger partial charge in [-0.3, -0.25) is 0 Å². The molecule has 1 aromatic rings. The Balaban J connectivity index is 2.17. The van der Waals surface area contributed by atoms with E-state index in [0.717, 1.165) is 19.5 Å². The molecule has 15 heavy (non-hydrogen) atoms. The molecule has 0 spiro atoms. The Labute approximate surface area is 92.4 Å². The van der Waals surface area contributed by atoms with Crippen molar-refractivity contribution in [3.8, 4) is 0 Å². The Hall–Kier alpha value is -0.670. The van der Waals surface area contributed by atoms with Crippen LogP contribution in [0, 0.1) is 17.6 Å². The summed E-state index contributed by atoms with van der Waals surface area (Å²) in [6, 6.07) is 2.71. The maximum Gasteiger partial charge on any atom is 0.147 e. The molecule has 0 aliphatic carbocycles. The average Bonchev–Trinajstić information content (AvgIpc) is 2.72. The first kappa shape index (κ1) is 10.8. The third-order valence-corrected chi connectivity index (χ3v) is 3.13. The summed E-state index contributed by atoms with van der Waals surface area (Å²) in [5.41, 5.74) is 0.509. The lowest BCUT2D eigenvalue weighted by Gasteiger charge is -2.10. The largest absolute Gasteiger partial charge is 0.316 e. The Kier molecular flexibility index (Phi) is 3.22. The lowest BCUT2D eigenvalue weighted by Crippen LogP contribution is -2.11. The van der Waals surface area contributed by atoms with E-state index in [1.807, 2.05) is 0 Å². The lowest BCUT2D eigenvalue weighted by atomic mass is 9.98. The molecule has 4 heteroatoms. The van der Waals surface area contributed by atoms with E-state index < -0.39 is 16.7 Å². The van der Waals surface area contributed by atoms with Crippen LogP contribution in [-0.2, 0) is 6.42 Å². The van der Waals surface area contributed by atoms with Crippen LogP contribution in [-0.4, -0.2) is 13.1 Å². The molecule has 1 aliphatic rings. The first-order valence-corrected chi connectivity index (χ1v) is 5.39. The van der Waals surface area contributed by atoms with Crippen LogP contribution in [0.5, 0.6) is 0 Å². The van der Waals surface area contributed by atoms with Crippen molar-refractivity contribution in [2.24, 2.45) is 5.92 Å². The lowest BCUT2D eigenvalue weighted by molar-refractivity contribution is 0.533. The number of benzene rings is 1. The minimum Gasteiger partial charge on any atom is -0.316 e. The topological polar surface area (TPSA) is 12.0 Å². The van der Waals surface area contributed by atoms with Crippen molar-refractivity contribution in [3.05, 3.63) is 34.4 Å².